The lowest BCUT2D eigenvalue weighted by atomic mass is 10.0. The van der Waals surface area contributed by atoms with Gasteiger partial charge in [-0.1, -0.05) is 41.4 Å². The topological polar surface area (TPSA) is 29.5 Å². The third-order valence-electron chi connectivity index (χ3n) is 2.69. The van der Waals surface area contributed by atoms with Crippen molar-refractivity contribution in [2.75, 3.05) is 7.11 Å². The van der Waals surface area contributed by atoms with Gasteiger partial charge < -0.3 is 9.84 Å². The maximum Gasteiger partial charge on any atom is 0.118 e. The fourth-order valence-electron chi connectivity index (χ4n) is 1.66. The highest BCUT2D eigenvalue weighted by Crippen LogP contribution is 2.29. The Labute approximate surface area is 116 Å². The van der Waals surface area contributed by atoms with Crippen LogP contribution in [0.1, 0.15) is 17.2 Å². The van der Waals surface area contributed by atoms with Gasteiger partial charge in [0.1, 0.15) is 11.9 Å². The number of hydrogen-bond acceptors (Lipinski definition) is 2. The zero-order valence-corrected chi connectivity index (χ0v) is 11.2. The minimum absolute atomic E-state index is 0.432. The van der Waals surface area contributed by atoms with Gasteiger partial charge in [-0.3, -0.25) is 0 Å². The molecule has 0 aliphatic rings. The van der Waals surface area contributed by atoms with Crippen LogP contribution in [0.15, 0.2) is 42.5 Å². The van der Waals surface area contributed by atoms with Gasteiger partial charge in [0.25, 0.3) is 0 Å². The fourth-order valence-corrected chi connectivity index (χ4v) is 1.97. The first-order valence-electron chi connectivity index (χ1n) is 5.39. The molecule has 4 heteroatoms. The second-order valence-electron chi connectivity index (χ2n) is 3.85. The molecule has 1 atom stereocenters. The van der Waals surface area contributed by atoms with E-state index in [-0.39, 0.29) is 0 Å². The number of hydrogen-bond donors (Lipinski definition) is 1. The smallest absolute Gasteiger partial charge is 0.118 e. The van der Waals surface area contributed by atoms with Gasteiger partial charge >= 0.3 is 0 Å². The molecule has 2 aromatic rings. The number of ether oxygens (including phenoxy) is 1. The average Bonchev–Trinajstić information content (AvgIpc) is 2.41. The molecular weight excluding hydrogens is 271 g/mol. The van der Waals surface area contributed by atoms with Gasteiger partial charge in [0.2, 0.25) is 0 Å². The molecule has 18 heavy (non-hydrogen) atoms. The predicted octanol–water partition coefficient (Wildman–Crippen LogP) is 4.08. The maximum absolute atomic E-state index is 10.2. The Morgan fingerprint density at radius 3 is 2.11 bits per heavy atom. The van der Waals surface area contributed by atoms with E-state index in [0.717, 1.165) is 11.3 Å². The number of aliphatic hydroxyl groups excluding tert-OH is 1. The molecule has 0 heterocycles. The van der Waals surface area contributed by atoms with Crippen LogP contribution in [0, 0.1) is 0 Å². The number of methoxy groups -OCH3 is 1. The summed E-state index contributed by atoms with van der Waals surface area (Å²) in [6.07, 6.45) is -0.731. The van der Waals surface area contributed by atoms with Gasteiger partial charge in [-0.15, -0.1) is 0 Å². The molecule has 0 aliphatic heterocycles. The van der Waals surface area contributed by atoms with Gasteiger partial charge in [-0.2, -0.15) is 0 Å². The Hall–Kier alpha value is -1.22. The molecule has 0 aliphatic carbocycles. The third-order valence-corrected chi connectivity index (χ3v) is 3.43. The van der Waals surface area contributed by atoms with Gasteiger partial charge in [0.15, 0.2) is 0 Å². The van der Waals surface area contributed by atoms with Crippen LogP contribution >= 0.6 is 23.2 Å². The first kappa shape index (κ1) is 13.2. The number of halogens is 2. The molecule has 0 radical (unpaired) electrons. The fraction of sp³-hybridized carbons (Fsp3) is 0.143. The highest BCUT2D eigenvalue weighted by Gasteiger charge is 2.11. The predicted molar refractivity (Wildman–Crippen MR) is 73.5 cm³/mol. The second-order valence-corrected chi connectivity index (χ2v) is 4.66. The van der Waals surface area contributed by atoms with E-state index in [1.165, 1.54) is 0 Å². The Balaban J connectivity index is 2.28. The van der Waals surface area contributed by atoms with Crippen LogP contribution in [-0.4, -0.2) is 12.2 Å². The molecule has 2 rings (SSSR count). The van der Waals surface area contributed by atoms with E-state index in [9.17, 15) is 5.11 Å². The van der Waals surface area contributed by atoms with E-state index in [4.69, 9.17) is 27.9 Å². The van der Waals surface area contributed by atoms with E-state index in [2.05, 4.69) is 0 Å². The van der Waals surface area contributed by atoms with E-state index in [0.29, 0.717) is 15.6 Å². The summed E-state index contributed by atoms with van der Waals surface area (Å²) in [6, 6.07) is 12.3. The first-order chi connectivity index (χ1) is 8.61. The molecule has 0 amide bonds. The average molecular weight is 283 g/mol. The van der Waals surface area contributed by atoms with Crippen LogP contribution in [0.4, 0.5) is 0 Å². The van der Waals surface area contributed by atoms with Crippen molar-refractivity contribution in [2.45, 2.75) is 6.10 Å². The summed E-state index contributed by atoms with van der Waals surface area (Å²) in [5.41, 5.74) is 1.48. The van der Waals surface area contributed by atoms with Gasteiger partial charge in [-0.05, 0) is 35.4 Å². The van der Waals surface area contributed by atoms with E-state index >= 15 is 0 Å². The standard InChI is InChI=1S/C14H12Cl2O2/c1-18-11-5-2-9(3-6-11)14(17)10-4-7-12(15)13(16)8-10/h2-8,14,17H,1H3/t14-/m0/s1. The SMILES string of the molecule is COc1ccc([C@H](O)c2ccc(Cl)c(Cl)c2)cc1. The van der Waals surface area contributed by atoms with Crippen molar-refractivity contribution >= 4 is 23.2 Å². The number of aliphatic hydroxyl groups is 1. The van der Waals surface area contributed by atoms with Crippen LogP contribution in [0.2, 0.25) is 10.0 Å². The molecule has 0 saturated carbocycles. The van der Waals surface area contributed by atoms with Crippen molar-refractivity contribution in [3.8, 4) is 5.75 Å². The molecule has 0 fully saturated rings. The van der Waals surface area contributed by atoms with E-state index in [1.54, 1.807) is 37.4 Å². The Bertz CT molecular complexity index is 538. The first-order valence-corrected chi connectivity index (χ1v) is 6.14. The normalized spacial score (nSPS) is 12.2. The number of benzene rings is 2. The molecular formula is C14H12Cl2O2. The second kappa shape index (κ2) is 5.61. The highest BCUT2D eigenvalue weighted by atomic mass is 35.5. The molecule has 0 saturated heterocycles. The molecule has 0 bridgehead atoms. The molecule has 0 unspecified atom stereocenters. The highest BCUT2D eigenvalue weighted by molar-refractivity contribution is 6.42. The molecule has 2 aromatic carbocycles. The van der Waals surface area contributed by atoms with Gasteiger partial charge in [0, 0.05) is 0 Å². The van der Waals surface area contributed by atoms with E-state index < -0.39 is 6.10 Å². The van der Waals surface area contributed by atoms with Crippen LogP contribution in [-0.2, 0) is 0 Å². The summed E-state index contributed by atoms with van der Waals surface area (Å²) in [5.74, 6) is 0.750. The minimum atomic E-state index is -0.731. The molecule has 94 valence electrons. The van der Waals surface area contributed by atoms with E-state index in [1.807, 2.05) is 12.1 Å². The van der Waals surface area contributed by atoms with Crippen LogP contribution in [0.25, 0.3) is 0 Å². The summed E-state index contributed by atoms with van der Waals surface area (Å²) in [6.45, 7) is 0. The Morgan fingerprint density at radius 2 is 1.56 bits per heavy atom. The summed E-state index contributed by atoms with van der Waals surface area (Å²) >= 11 is 11.8. The zero-order chi connectivity index (χ0) is 13.1. The summed E-state index contributed by atoms with van der Waals surface area (Å²) in [7, 11) is 1.60. The maximum atomic E-state index is 10.2. The summed E-state index contributed by atoms with van der Waals surface area (Å²) in [4.78, 5) is 0. The third kappa shape index (κ3) is 2.78. The Kier molecular flexibility index (Phi) is 4.12. The van der Waals surface area contributed by atoms with Crippen LogP contribution in [0.5, 0.6) is 5.75 Å². The summed E-state index contributed by atoms with van der Waals surface area (Å²) < 4.78 is 5.07. The summed E-state index contributed by atoms with van der Waals surface area (Å²) in [5, 5.41) is 11.1. The molecule has 1 N–H and O–H groups in total. The molecule has 0 spiro atoms. The molecule has 2 nitrogen and oxygen atoms in total. The Morgan fingerprint density at radius 1 is 0.944 bits per heavy atom. The van der Waals surface area contributed by atoms with Crippen LogP contribution < -0.4 is 4.74 Å². The molecule has 0 aromatic heterocycles. The van der Waals surface area contributed by atoms with Crippen molar-refractivity contribution < 1.29 is 9.84 Å². The van der Waals surface area contributed by atoms with Crippen molar-refractivity contribution in [1.29, 1.82) is 0 Å². The lowest BCUT2D eigenvalue weighted by Gasteiger charge is -2.12. The van der Waals surface area contributed by atoms with Crippen molar-refractivity contribution in [2.24, 2.45) is 0 Å². The van der Waals surface area contributed by atoms with Crippen molar-refractivity contribution in [3.63, 3.8) is 0 Å². The lowest BCUT2D eigenvalue weighted by Crippen LogP contribution is -1.99. The monoisotopic (exact) mass is 282 g/mol. The van der Waals surface area contributed by atoms with Crippen molar-refractivity contribution in [1.82, 2.24) is 0 Å². The van der Waals surface area contributed by atoms with Crippen LogP contribution in [0.3, 0.4) is 0 Å². The lowest BCUT2D eigenvalue weighted by molar-refractivity contribution is 0.220. The quantitative estimate of drug-likeness (QED) is 0.919. The van der Waals surface area contributed by atoms with Gasteiger partial charge in [-0.25, -0.2) is 0 Å². The van der Waals surface area contributed by atoms with Crippen molar-refractivity contribution in [3.05, 3.63) is 63.6 Å². The zero-order valence-electron chi connectivity index (χ0n) is 9.73. The minimum Gasteiger partial charge on any atom is -0.497 e. The number of rotatable bonds is 3. The largest absolute Gasteiger partial charge is 0.497 e. The van der Waals surface area contributed by atoms with Gasteiger partial charge in [0.05, 0.1) is 17.2 Å².